The van der Waals surface area contributed by atoms with E-state index in [-0.39, 0.29) is 29.5 Å². The van der Waals surface area contributed by atoms with Crippen LogP contribution in [0.1, 0.15) is 15.9 Å². The van der Waals surface area contributed by atoms with Crippen molar-refractivity contribution in [3.05, 3.63) is 53.8 Å². The highest BCUT2D eigenvalue weighted by molar-refractivity contribution is 6.12. The molecule has 1 aromatic heterocycles. The monoisotopic (exact) mass is 338 g/mol. The first-order chi connectivity index (χ1) is 12.2. The van der Waals surface area contributed by atoms with Gasteiger partial charge >= 0.3 is 0 Å². The van der Waals surface area contributed by atoms with E-state index in [4.69, 9.17) is 18.6 Å². The van der Waals surface area contributed by atoms with Gasteiger partial charge in [-0.25, -0.2) is 0 Å². The molecular weight excluding hydrogens is 324 g/mol. The molecule has 0 atom stereocenters. The Hall–Kier alpha value is -3.41. The Morgan fingerprint density at radius 2 is 2.04 bits per heavy atom. The molecule has 25 heavy (non-hydrogen) atoms. The fourth-order valence-corrected chi connectivity index (χ4v) is 2.78. The SMILES string of the molecule is COc1c(C(=O)/C=C/c2ccc3c(c2)OCO3)cc(O)c2occc12. The van der Waals surface area contributed by atoms with Gasteiger partial charge in [-0.15, -0.1) is 0 Å². The van der Waals surface area contributed by atoms with Crippen molar-refractivity contribution in [2.45, 2.75) is 0 Å². The number of furan rings is 1. The van der Waals surface area contributed by atoms with Gasteiger partial charge < -0.3 is 23.7 Å². The molecule has 2 heterocycles. The second-order valence-corrected chi connectivity index (χ2v) is 5.45. The number of allylic oxidation sites excluding steroid dienone is 1. The number of fused-ring (bicyclic) bond motifs is 2. The minimum Gasteiger partial charge on any atom is -0.504 e. The van der Waals surface area contributed by atoms with Crippen LogP contribution in [-0.4, -0.2) is 24.8 Å². The van der Waals surface area contributed by atoms with E-state index >= 15 is 0 Å². The zero-order chi connectivity index (χ0) is 17.4. The molecule has 0 amide bonds. The predicted molar refractivity (Wildman–Crippen MR) is 90.4 cm³/mol. The number of carbonyl (C=O) groups is 1. The molecule has 1 aliphatic rings. The van der Waals surface area contributed by atoms with E-state index in [0.29, 0.717) is 22.6 Å². The zero-order valence-corrected chi connectivity index (χ0v) is 13.3. The lowest BCUT2D eigenvalue weighted by Crippen LogP contribution is -1.99. The Morgan fingerprint density at radius 1 is 1.20 bits per heavy atom. The summed E-state index contributed by atoms with van der Waals surface area (Å²) in [6.07, 6.45) is 4.52. The molecule has 6 heteroatoms. The number of phenols is 1. The largest absolute Gasteiger partial charge is 0.504 e. The van der Waals surface area contributed by atoms with Crippen molar-refractivity contribution in [1.29, 1.82) is 0 Å². The van der Waals surface area contributed by atoms with Crippen LogP contribution in [0.25, 0.3) is 17.0 Å². The highest BCUT2D eigenvalue weighted by Crippen LogP contribution is 2.37. The number of phenolic OH excluding ortho intramolecular Hbond substituents is 1. The number of hydrogen-bond donors (Lipinski definition) is 1. The second-order valence-electron chi connectivity index (χ2n) is 5.45. The van der Waals surface area contributed by atoms with Crippen molar-refractivity contribution in [3.8, 4) is 23.0 Å². The maximum absolute atomic E-state index is 12.6. The zero-order valence-electron chi connectivity index (χ0n) is 13.3. The fraction of sp³-hybridized carbons (Fsp3) is 0.105. The van der Waals surface area contributed by atoms with Crippen molar-refractivity contribution in [3.63, 3.8) is 0 Å². The van der Waals surface area contributed by atoms with Gasteiger partial charge in [0.15, 0.2) is 28.6 Å². The summed E-state index contributed by atoms with van der Waals surface area (Å²) in [7, 11) is 1.47. The molecule has 1 N–H and O–H groups in total. The second kappa shape index (κ2) is 5.90. The van der Waals surface area contributed by atoms with E-state index in [1.54, 1.807) is 24.3 Å². The van der Waals surface area contributed by atoms with Gasteiger partial charge in [0, 0.05) is 0 Å². The molecule has 0 fully saturated rings. The fourth-order valence-electron chi connectivity index (χ4n) is 2.78. The Balaban J connectivity index is 1.68. The van der Waals surface area contributed by atoms with Crippen molar-refractivity contribution in [2.24, 2.45) is 0 Å². The van der Waals surface area contributed by atoms with Gasteiger partial charge in [0.2, 0.25) is 6.79 Å². The van der Waals surface area contributed by atoms with Crippen LogP contribution in [-0.2, 0) is 0 Å². The van der Waals surface area contributed by atoms with Crippen LogP contribution in [0.4, 0.5) is 0 Å². The number of benzene rings is 2. The van der Waals surface area contributed by atoms with Crippen LogP contribution in [0.2, 0.25) is 0 Å². The average Bonchev–Trinajstić information content (AvgIpc) is 3.28. The molecule has 126 valence electrons. The van der Waals surface area contributed by atoms with E-state index < -0.39 is 0 Å². The lowest BCUT2D eigenvalue weighted by Gasteiger charge is -2.08. The van der Waals surface area contributed by atoms with E-state index in [1.165, 1.54) is 25.5 Å². The maximum Gasteiger partial charge on any atom is 0.231 e. The van der Waals surface area contributed by atoms with Crippen LogP contribution in [0.15, 0.2) is 47.1 Å². The molecule has 0 radical (unpaired) electrons. The number of hydrogen-bond acceptors (Lipinski definition) is 6. The Bertz CT molecular complexity index is 999. The van der Waals surface area contributed by atoms with Gasteiger partial charge in [-0.2, -0.15) is 0 Å². The van der Waals surface area contributed by atoms with Crippen LogP contribution in [0, 0.1) is 0 Å². The Kier molecular flexibility index (Phi) is 3.57. The van der Waals surface area contributed by atoms with Gasteiger partial charge in [0.05, 0.1) is 24.3 Å². The third kappa shape index (κ3) is 2.57. The first-order valence-electron chi connectivity index (χ1n) is 7.56. The first kappa shape index (κ1) is 15.1. The smallest absolute Gasteiger partial charge is 0.231 e. The Morgan fingerprint density at radius 3 is 2.88 bits per heavy atom. The third-order valence-corrected chi connectivity index (χ3v) is 3.96. The van der Waals surface area contributed by atoms with Crippen LogP contribution in [0.3, 0.4) is 0 Å². The number of rotatable bonds is 4. The Labute approximate surface area is 142 Å². The first-order valence-corrected chi connectivity index (χ1v) is 7.56. The average molecular weight is 338 g/mol. The summed E-state index contributed by atoms with van der Waals surface area (Å²) in [5.41, 5.74) is 1.34. The summed E-state index contributed by atoms with van der Waals surface area (Å²) in [5, 5.41) is 10.6. The molecule has 0 unspecified atom stereocenters. The summed E-state index contributed by atoms with van der Waals surface area (Å²) in [6, 6.07) is 8.39. The molecule has 4 rings (SSSR count). The molecule has 0 saturated heterocycles. The van der Waals surface area contributed by atoms with E-state index in [0.717, 1.165) is 5.56 Å². The maximum atomic E-state index is 12.6. The van der Waals surface area contributed by atoms with Crippen LogP contribution >= 0.6 is 0 Å². The topological polar surface area (TPSA) is 78.1 Å². The molecule has 3 aromatic rings. The highest BCUT2D eigenvalue weighted by Gasteiger charge is 2.19. The number of methoxy groups -OCH3 is 1. The number of ether oxygens (including phenoxy) is 3. The number of carbonyl (C=O) groups excluding carboxylic acids is 1. The number of aromatic hydroxyl groups is 1. The molecule has 0 aliphatic carbocycles. The summed E-state index contributed by atoms with van der Waals surface area (Å²) in [4.78, 5) is 12.6. The third-order valence-electron chi connectivity index (χ3n) is 3.96. The van der Waals surface area contributed by atoms with Crippen molar-refractivity contribution in [2.75, 3.05) is 13.9 Å². The summed E-state index contributed by atoms with van der Waals surface area (Å²) < 4.78 is 21.1. The van der Waals surface area contributed by atoms with Crippen molar-refractivity contribution in [1.82, 2.24) is 0 Å². The normalized spacial score (nSPS) is 12.8. The molecule has 0 bridgehead atoms. The molecule has 0 spiro atoms. The highest BCUT2D eigenvalue weighted by atomic mass is 16.7. The predicted octanol–water partition coefficient (Wildman–Crippen LogP) is 3.77. The molecule has 0 saturated carbocycles. The van der Waals surface area contributed by atoms with Gasteiger partial charge in [0.1, 0.15) is 5.75 Å². The minimum absolute atomic E-state index is 0.111. The van der Waals surface area contributed by atoms with Crippen molar-refractivity contribution < 1.29 is 28.5 Å². The molecule has 1 aliphatic heterocycles. The van der Waals surface area contributed by atoms with Crippen molar-refractivity contribution >= 4 is 22.8 Å². The van der Waals surface area contributed by atoms with E-state index in [1.807, 2.05) is 6.07 Å². The van der Waals surface area contributed by atoms with E-state index in [9.17, 15) is 9.90 Å². The number of ketones is 1. The summed E-state index contributed by atoms with van der Waals surface area (Å²) in [5.74, 6) is 1.28. The molecule has 6 nitrogen and oxygen atoms in total. The quantitative estimate of drug-likeness (QED) is 0.576. The molecular formula is C19H14O6. The van der Waals surface area contributed by atoms with Crippen LogP contribution in [0.5, 0.6) is 23.0 Å². The van der Waals surface area contributed by atoms with Gasteiger partial charge in [-0.1, -0.05) is 12.1 Å². The minimum atomic E-state index is -0.298. The summed E-state index contributed by atoms with van der Waals surface area (Å²) in [6.45, 7) is 0.197. The molecule has 2 aromatic carbocycles. The standard InChI is InChI=1S/C19H14O6/c1-22-18-12-6-7-23-19(12)15(21)9-13(18)14(20)4-2-11-3-5-16-17(8-11)25-10-24-16/h2-9,21H,10H2,1H3/b4-2+. The lowest BCUT2D eigenvalue weighted by atomic mass is 10.0. The van der Waals surface area contributed by atoms with E-state index in [2.05, 4.69) is 0 Å². The summed E-state index contributed by atoms with van der Waals surface area (Å²) >= 11 is 0. The van der Waals surface area contributed by atoms with Crippen LogP contribution < -0.4 is 14.2 Å². The lowest BCUT2D eigenvalue weighted by molar-refractivity contribution is 0.104. The van der Waals surface area contributed by atoms with Gasteiger partial charge in [-0.3, -0.25) is 4.79 Å². The van der Waals surface area contributed by atoms with Gasteiger partial charge in [0.25, 0.3) is 0 Å². The van der Waals surface area contributed by atoms with Gasteiger partial charge in [-0.05, 0) is 35.9 Å².